The third kappa shape index (κ3) is 4.05. The van der Waals surface area contributed by atoms with Gasteiger partial charge in [-0.25, -0.2) is 4.98 Å². The van der Waals surface area contributed by atoms with E-state index in [0.717, 1.165) is 0 Å². The quantitative estimate of drug-likeness (QED) is 0.637. The Labute approximate surface area is 170 Å². The van der Waals surface area contributed by atoms with Gasteiger partial charge in [0.15, 0.2) is 28.6 Å². The number of anilines is 1. The van der Waals surface area contributed by atoms with E-state index in [2.05, 4.69) is 20.5 Å². The fraction of sp³-hybridized carbons (Fsp3) is 0.222. The number of thioether (sulfide) groups is 1. The van der Waals surface area contributed by atoms with Crippen LogP contribution in [0.1, 0.15) is 11.9 Å². The van der Waals surface area contributed by atoms with Crippen LogP contribution in [-0.4, -0.2) is 38.0 Å². The molecule has 3 heterocycles. The van der Waals surface area contributed by atoms with Gasteiger partial charge < -0.3 is 19.4 Å². The summed E-state index contributed by atoms with van der Waals surface area (Å²) in [5.41, 5.74) is 0. The average molecular weight is 418 g/mol. The Morgan fingerprint density at radius 2 is 2.11 bits per heavy atom. The highest BCUT2D eigenvalue weighted by Gasteiger charge is 2.27. The molecule has 28 heavy (non-hydrogen) atoms. The second-order valence-corrected chi connectivity index (χ2v) is 7.34. The molecule has 0 spiro atoms. The molecule has 0 radical (unpaired) electrons. The van der Waals surface area contributed by atoms with Crippen LogP contribution in [0.4, 0.5) is 5.82 Å². The largest absolute Gasteiger partial charge is 0.485 e. The lowest BCUT2D eigenvalue weighted by atomic mass is 10.2. The fourth-order valence-corrected chi connectivity index (χ4v) is 3.47. The number of amides is 1. The molecule has 0 unspecified atom stereocenters. The number of halogens is 1. The van der Waals surface area contributed by atoms with Crippen LogP contribution in [0.2, 0.25) is 5.02 Å². The lowest BCUT2D eigenvalue weighted by molar-refractivity contribution is -0.113. The highest BCUT2D eigenvalue weighted by atomic mass is 35.5. The highest BCUT2D eigenvalue weighted by molar-refractivity contribution is 7.99. The van der Waals surface area contributed by atoms with E-state index in [0.29, 0.717) is 39.9 Å². The number of aromatic nitrogens is 4. The van der Waals surface area contributed by atoms with Gasteiger partial charge in [0.25, 0.3) is 0 Å². The fourth-order valence-electron chi connectivity index (χ4n) is 2.64. The summed E-state index contributed by atoms with van der Waals surface area (Å²) >= 11 is 7.06. The molecule has 8 nitrogen and oxygen atoms in total. The first-order valence-corrected chi connectivity index (χ1v) is 9.78. The summed E-state index contributed by atoms with van der Waals surface area (Å²) in [6.45, 7) is 0.344. The molecular weight excluding hydrogens is 402 g/mol. The van der Waals surface area contributed by atoms with Crippen molar-refractivity contribution in [1.82, 2.24) is 19.7 Å². The Hall–Kier alpha value is -2.78. The monoisotopic (exact) mass is 417 g/mol. The molecule has 1 atom stereocenters. The SMILES string of the molecule is Cn1c(SCC(=O)Nc2ccc(Cl)cn2)nnc1[C@H]1COc2ccccc2O1. The molecule has 2 aromatic heterocycles. The zero-order valence-corrected chi connectivity index (χ0v) is 16.4. The van der Waals surface area contributed by atoms with Gasteiger partial charge in [-0.2, -0.15) is 0 Å². The lowest BCUT2D eigenvalue weighted by Crippen LogP contribution is -2.24. The molecule has 3 aromatic rings. The van der Waals surface area contributed by atoms with Crippen LogP contribution in [0.25, 0.3) is 0 Å². The maximum absolute atomic E-state index is 12.1. The van der Waals surface area contributed by atoms with Gasteiger partial charge in [0.05, 0.1) is 10.8 Å². The number of nitrogens with zero attached hydrogens (tertiary/aromatic N) is 4. The minimum Gasteiger partial charge on any atom is -0.485 e. The molecule has 0 aliphatic carbocycles. The Bertz CT molecular complexity index is 995. The van der Waals surface area contributed by atoms with E-state index >= 15 is 0 Å². The summed E-state index contributed by atoms with van der Waals surface area (Å²) in [5, 5.41) is 12.2. The maximum atomic E-state index is 12.1. The van der Waals surface area contributed by atoms with Crippen molar-refractivity contribution >= 4 is 35.1 Å². The van der Waals surface area contributed by atoms with E-state index in [4.69, 9.17) is 21.1 Å². The van der Waals surface area contributed by atoms with E-state index in [-0.39, 0.29) is 17.8 Å². The van der Waals surface area contributed by atoms with Crippen molar-refractivity contribution in [3.05, 3.63) is 53.4 Å². The van der Waals surface area contributed by atoms with Crippen LogP contribution in [0.15, 0.2) is 47.8 Å². The van der Waals surface area contributed by atoms with Crippen LogP contribution in [0.3, 0.4) is 0 Å². The molecular formula is C18H16ClN5O3S. The number of nitrogens with one attached hydrogen (secondary N) is 1. The number of fused-ring (bicyclic) bond motifs is 1. The first kappa shape index (κ1) is 18.6. The number of pyridine rings is 1. The normalized spacial score (nSPS) is 15.3. The smallest absolute Gasteiger partial charge is 0.236 e. The average Bonchev–Trinajstić information content (AvgIpc) is 3.08. The Morgan fingerprint density at radius 1 is 1.29 bits per heavy atom. The van der Waals surface area contributed by atoms with Gasteiger partial charge in [0.2, 0.25) is 5.91 Å². The number of para-hydroxylation sites is 2. The van der Waals surface area contributed by atoms with Crippen molar-refractivity contribution in [3.8, 4) is 11.5 Å². The summed E-state index contributed by atoms with van der Waals surface area (Å²) in [6, 6.07) is 10.8. The van der Waals surface area contributed by atoms with Crippen molar-refractivity contribution in [2.24, 2.45) is 7.05 Å². The molecule has 4 rings (SSSR count). The van der Waals surface area contributed by atoms with E-state index in [1.165, 1.54) is 18.0 Å². The van der Waals surface area contributed by atoms with E-state index in [9.17, 15) is 4.79 Å². The molecule has 1 aliphatic rings. The molecule has 1 N–H and O–H groups in total. The van der Waals surface area contributed by atoms with Gasteiger partial charge in [0, 0.05) is 13.2 Å². The Morgan fingerprint density at radius 3 is 2.89 bits per heavy atom. The predicted octanol–water partition coefficient (Wildman–Crippen LogP) is 3.11. The summed E-state index contributed by atoms with van der Waals surface area (Å²) in [5.74, 6) is 2.43. The summed E-state index contributed by atoms with van der Waals surface area (Å²) in [4.78, 5) is 16.2. The third-order valence-electron chi connectivity index (χ3n) is 3.99. The predicted molar refractivity (Wildman–Crippen MR) is 105 cm³/mol. The summed E-state index contributed by atoms with van der Waals surface area (Å²) in [6.07, 6.45) is 1.11. The zero-order chi connectivity index (χ0) is 19.5. The van der Waals surface area contributed by atoms with Crippen molar-refractivity contribution < 1.29 is 14.3 Å². The standard InChI is InChI=1S/C18H16ClN5O3S/c1-24-17(14-9-26-12-4-2-3-5-13(12)27-14)22-23-18(24)28-10-16(25)21-15-7-6-11(19)8-20-15/h2-8,14H,9-10H2,1H3,(H,20,21,25)/t14-/m1/s1. The zero-order valence-electron chi connectivity index (χ0n) is 14.8. The van der Waals surface area contributed by atoms with E-state index in [1.54, 1.807) is 16.7 Å². The van der Waals surface area contributed by atoms with Gasteiger partial charge in [-0.05, 0) is 24.3 Å². The molecule has 10 heteroatoms. The molecule has 144 valence electrons. The topological polar surface area (TPSA) is 91.2 Å². The summed E-state index contributed by atoms with van der Waals surface area (Å²) < 4.78 is 13.5. The second kappa shape index (κ2) is 8.07. The van der Waals surface area contributed by atoms with Gasteiger partial charge in [-0.3, -0.25) is 4.79 Å². The first-order chi connectivity index (χ1) is 13.6. The number of rotatable bonds is 5. The number of hydrogen-bond acceptors (Lipinski definition) is 7. The molecule has 1 amide bonds. The Kier molecular flexibility index (Phi) is 5.36. The van der Waals surface area contributed by atoms with Gasteiger partial charge in [-0.15, -0.1) is 10.2 Å². The number of hydrogen-bond donors (Lipinski definition) is 1. The van der Waals surface area contributed by atoms with Crippen LogP contribution >= 0.6 is 23.4 Å². The minimum atomic E-state index is -0.367. The van der Waals surface area contributed by atoms with E-state index < -0.39 is 0 Å². The lowest BCUT2D eigenvalue weighted by Gasteiger charge is -2.25. The Balaban J connectivity index is 1.37. The second-order valence-electron chi connectivity index (χ2n) is 5.96. The third-order valence-corrected chi connectivity index (χ3v) is 5.24. The van der Waals surface area contributed by atoms with Gasteiger partial charge in [0.1, 0.15) is 12.4 Å². The van der Waals surface area contributed by atoms with Gasteiger partial charge in [-0.1, -0.05) is 35.5 Å². The van der Waals surface area contributed by atoms with E-state index in [1.807, 2.05) is 31.3 Å². The molecule has 1 aromatic carbocycles. The van der Waals surface area contributed by atoms with Crippen molar-refractivity contribution in [2.75, 3.05) is 17.7 Å². The molecule has 0 bridgehead atoms. The van der Waals surface area contributed by atoms with Crippen LogP contribution < -0.4 is 14.8 Å². The number of benzene rings is 1. The van der Waals surface area contributed by atoms with Crippen LogP contribution in [0, 0.1) is 0 Å². The number of carbonyl (C=O) groups excluding carboxylic acids is 1. The van der Waals surface area contributed by atoms with Crippen LogP contribution in [-0.2, 0) is 11.8 Å². The maximum Gasteiger partial charge on any atom is 0.236 e. The molecule has 1 aliphatic heterocycles. The molecule has 0 saturated carbocycles. The van der Waals surface area contributed by atoms with Gasteiger partial charge >= 0.3 is 0 Å². The minimum absolute atomic E-state index is 0.168. The number of carbonyl (C=O) groups is 1. The number of ether oxygens (including phenoxy) is 2. The first-order valence-electron chi connectivity index (χ1n) is 8.42. The highest BCUT2D eigenvalue weighted by Crippen LogP contribution is 2.35. The molecule has 0 saturated heterocycles. The van der Waals surface area contributed by atoms with Crippen molar-refractivity contribution in [1.29, 1.82) is 0 Å². The summed E-state index contributed by atoms with van der Waals surface area (Å²) in [7, 11) is 1.83. The van der Waals surface area contributed by atoms with Crippen LogP contribution in [0.5, 0.6) is 11.5 Å². The van der Waals surface area contributed by atoms with Crippen molar-refractivity contribution in [3.63, 3.8) is 0 Å². The van der Waals surface area contributed by atoms with Crippen molar-refractivity contribution in [2.45, 2.75) is 11.3 Å². The molecule has 0 fully saturated rings.